The van der Waals surface area contributed by atoms with Crippen molar-refractivity contribution in [3.8, 4) is 0 Å². The smallest absolute Gasteiger partial charge is 0.346 e. The Labute approximate surface area is 43.7 Å². The van der Waals surface area contributed by atoms with Crippen LogP contribution in [0.15, 0.2) is 0 Å². The molecule has 0 aliphatic carbocycles. The molecule has 0 atom stereocenters. The van der Waals surface area contributed by atoms with Gasteiger partial charge in [-0.3, -0.25) is 5.43 Å². The number of nitrogens with one attached hydrogen (secondary N) is 2. The number of amides is 2. The van der Waals surface area contributed by atoms with Crippen molar-refractivity contribution in [2.75, 3.05) is 0 Å². The zero-order valence-electron chi connectivity index (χ0n) is 3.49. The van der Waals surface area contributed by atoms with E-state index in [1.165, 1.54) is 0 Å². The highest BCUT2D eigenvalue weighted by molar-refractivity contribution is 6.04. The second kappa shape index (κ2) is 2.97. The Morgan fingerprint density at radius 1 is 1.83 bits per heavy atom. The van der Waals surface area contributed by atoms with Gasteiger partial charge in [0.25, 0.3) is 0 Å². The largest absolute Gasteiger partial charge is 0.351 e. The molecule has 2 amide bonds. The zero-order chi connectivity index (χ0) is 4.99. The number of hydrogen-bond acceptors (Lipinski definition) is 2. The number of primary amides is 1. The van der Waals surface area contributed by atoms with Crippen LogP contribution in [-0.4, -0.2) is 22.5 Å². The maximum atomic E-state index is 9.67. The summed E-state index contributed by atoms with van der Waals surface area (Å²) in [6.07, 6.45) is 0. The van der Waals surface area contributed by atoms with E-state index in [4.69, 9.17) is 0 Å². The van der Waals surface area contributed by atoms with Crippen LogP contribution < -0.4 is 15.6 Å². The number of rotatable bonds is 1. The van der Waals surface area contributed by atoms with E-state index >= 15 is 0 Å². The second-order valence-corrected chi connectivity index (χ2v) is 1.24. The molecule has 0 aliphatic rings. The normalized spacial score (nSPS) is 7.33. The predicted molar refractivity (Wildman–Crippen MR) is 24.4 cm³/mol. The van der Waals surface area contributed by atoms with Crippen LogP contribution in [0.5, 0.6) is 0 Å². The van der Waals surface area contributed by atoms with Crippen LogP contribution in [0.3, 0.4) is 0 Å². The van der Waals surface area contributed by atoms with Gasteiger partial charge in [0, 0.05) is 0 Å². The summed E-state index contributed by atoms with van der Waals surface area (Å²) >= 11 is 0.725. The molecule has 6 heavy (non-hydrogen) atoms. The molecule has 0 aromatic carbocycles. The highest BCUT2D eigenvalue weighted by atomic mass is 27.1. The summed E-state index contributed by atoms with van der Waals surface area (Å²) in [6.45, 7) is 0. The number of hydrogen-bond donors (Lipinski definition) is 3. The van der Waals surface area contributed by atoms with Gasteiger partial charge in [0.15, 0.2) is 0 Å². The van der Waals surface area contributed by atoms with Gasteiger partial charge in [-0.05, 0) is 0 Å². The maximum Gasteiger partial charge on any atom is 0.346 e. The van der Waals surface area contributed by atoms with E-state index < -0.39 is 6.03 Å². The van der Waals surface area contributed by atoms with Gasteiger partial charge < -0.3 is 10.1 Å². The van der Waals surface area contributed by atoms with E-state index in [2.05, 4.69) is 15.6 Å². The molecule has 0 spiro atoms. The first-order valence-corrected chi connectivity index (χ1v) is 2.49. The van der Waals surface area contributed by atoms with Crippen molar-refractivity contribution >= 4 is 22.5 Å². The number of nitrogens with two attached hydrogens (primary N) is 1. The Morgan fingerprint density at radius 2 is 2.33 bits per heavy atom. The Hall–Kier alpha value is -0.238. The first kappa shape index (κ1) is 5.76. The lowest BCUT2D eigenvalue weighted by atomic mass is 11.2. The van der Waals surface area contributed by atoms with Crippen LogP contribution in [-0.2, 0) is 0 Å². The van der Waals surface area contributed by atoms with Gasteiger partial charge in [-0.25, -0.2) is 4.79 Å². The van der Waals surface area contributed by atoms with Gasteiger partial charge in [-0.1, -0.05) is 0 Å². The standard InChI is InChI=1S/CH4N3O.Al.2H/c2-1(5)4-3;;;/h3H,(H3,2,4,5);;;/q-1;+1;;. The first-order chi connectivity index (χ1) is 2.77. The third kappa shape index (κ3) is 3.76. The number of urea groups is 1. The average Bonchev–Trinajstić information content (AvgIpc) is 1.35. The molecule has 0 bridgehead atoms. The molecular weight excluding hydrogens is 97.0 g/mol. The minimum atomic E-state index is -0.537. The average molecular weight is 103 g/mol. The van der Waals surface area contributed by atoms with Gasteiger partial charge >= 0.3 is 22.5 Å². The van der Waals surface area contributed by atoms with E-state index in [0.717, 1.165) is 16.5 Å². The molecule has 0 saturated carbocycles. The van der Waals surface area contributed by atoms with Crippen molar-refractivity contribution in [3.05, 3.63) is 0 Å². The molecule has 34 valence electrons. The molecule has 4 nitrogen and oxygen atoms in total. The van der Waals surface area contributed by atoms with Gasteiger partial charge in [-0.2, -0.15) is 0 Å². The van der Waals surface area contributed by atoms with Crippen LogP contribution in [0, 0.1) is 0 Å². The summed E-state index contributed by atoms with van der Waals surface area (Å²) < 4.78 is 2.48. The fourth-order valence-electron chi connectivity index (χ4n) is 0.123. The fourth-order valence-corrected chi connectivity index (χ4v) is 0.370. The van der Waals surface area contributed by atoms with Crippen LogP contribution in [0.25, 0.3) is 0 Å². The topological polar surface area (TPSA) is 67.2 Å². The van der Waals surface area contributed by atoms with Crippen molar-refractivity contribution < 1.29 is 4.79 Å². The predicted octanol–water partition coefficient (Wildman–Crippen LogP) is -2.29. The van der Waals surface area contributed by atoms with Crippen molar-refractivity contribution in [2.24, 2.45) is 5.73 Å². The van der Waals surface area contributed by atoms with Crippen LogP contribution in [0.2, 0.25) is 0 Å². The maximum absolute atomic E-state index is 9.67. The fraction of sp³-hybridized carbons (Fsp3) is 0. The quantitative estimate of drug-likeness (QED) is 0.258. The zero-order valence-corrected chi connectivity index (χ0v) is 5.49. The van der Waals surface area contributed by atoms with Gasteiger partial charge in [0.1, 0.15) is 0 Å². The third-order valence-corrected chi connectivity index (χ3v) is 0.498. The summed E-state index contributed by atoms with van der Waals surface area (Å²) in [5.74, 6) is 0. The van der Waals surface area contributed by atoms with Gasteiger partial charge in [0.2, 0.25) is 0 Å². The molecule has 0 aliphatic heterocycles. The molecule has 0 unspecified atom stereocenters. The molecule has 0 radical (unpaired) electrons. The van der Waals surface area contributed by atoms with Crippen LogP contribution in [0.4, 0.5) is 4.79 Å². The monoisotopic (exact) mass is 103 g/mol. The molecule has 0 heterocycles. The lowest BCUT2D eigenvalue weighted by Gasteiger charge is -1.92. The molecular formula is CH6AlN3O. The minimum Gasteiger partial charge on any atom is -0.351 e. The third-order valence-electron chi connectivity index (χ3n) is 0.248. The Bertz CT molecular complexity index is 54.8. The van der Waals surface area contributed by atoms with Crippen LogP contribution >= 0.6 is 0 Å². The molecule has 0 fully saturated rings. The van der Waals surface area contributed by atoms with E-state index in [-0.39, 0.29) is 0 Å². The van der Waals surface area contributed by atoms with Crippen LogP contribution in [0.1, 0.15) is 0 Å². The lowest BCUT2D eigenvalue weighted by Crippen LogP contribution is -2.39. The van der Waals surface area contributed by atoms with Crippen molar-refractivity contribution in [1.29, 1.82) is 0 Å². The molecule has 0 aromatic rings. The van der Waals surface area contributed by atoms with Gasteiger partial charge in [0.05, 0.1) is 0 Å². The first-order valence-electron chi connectivity index (χ1n) is 1.49. The van der Waals surface area contributed by atoms with Crippen molar-refractivity contribution in [2.45, 2.75) is 0 Å². The highest BCUT2D eigenvalue weighted by Crippen LogP contribution is 1.39. The lowest BCUT2D eigenvalue weighted by molar-refractivity contribution is 0.247. The Balaban J connectivity index is 2.83. The summed E-state index contributed by atoms with van der Waals surface area (Å²) in [4.78, 5) is 9.67. The number of carbonyl (C=O) groups is 1. The molecule has 0 rings (SSSR count). The van der Waals surface area contributed by atoms with Gasteiger partial charge in [-0.15, -0.1) is 0 Å². The van der Waals surface area contributed by atoms with E-state index in [9.17, 15) is 4.79 Å². The molecule has 4 N–H and O–H groups in total. The minimum absolute atomic E-state index is 0.537. The molecule has 0 aromatic heterocycles. The SMILES string of the molecule is NC(=O)N[NH][AlH2]. The molecule has 5 heteroatoms. The molecule has 0 saturated heterocycles. The Kier molecular flexibility index (Phi) is 2.85. The van der Waals surface area contributed by atoms with Crippen molar-refractivity contribution in [3.63, 3.8) is 0 Å². The van der Waals surface area contributed by atoms with Crippen molar-refractivity contribution in [1.82, 2.24) is 9.84 Å². The summed E-state index contributed by atoms with van der Waals surface area (Å²) in [5.41, 5.74) is 6.77. The summed E-state index contributed by atoms with van der Waals surface area (Å²) in [6, 6.07) is -0.537. The number of hydrazine groups is 1. The second-order valence-electron chi connectivity index (χ2n) is 0.739. The van der Waals surface area contributed by atoms with E-state index in [1.54, 1.807) is 0 Å². The number of carbonyl (C=O) groups excluding carboxylic acids is 1. The Morgan fingerprint density at radius 3 is 2.33 bits per heavy atom. The highest BCUT2D eigenvalue weighted by Gasteiger charge is 1.78. The van der Waals surface area contributed by atoms with E-state index in [0.29, 0.717) is 0 Å². The summed E-state index contributed by atoms with van der Waals surface area (Å²) in [5, 5.41) is 0. The van der Waals surface area contributed by atoms with E-state index in [1.807, 2.05) is 0 Å². The summed E-state index contributed by atoms with van der Waals surface area (Å²) in [7, 11) is 0.